The monoisotopic (exact) mass is 336 g/mol. The summed E-state index contributed by atoms with van der Waals surface area (Å²) < 4.78 is 18.7. The molecule has 0 spiro atoms. The molecule has 0 radical (unpaired) electrons. The average Bonchev–Trinajstić information content (AvgIpc) is 3.13. The van der Waals surface area contributed by atoms with Crippen molar-refractivity contribution >= 4 is 11.5 Å². The molecular weight excluding hydrogens is 319 g/mol. The number of aromatic nitrogens is 3. The Morgan fingerprint density at radius 2 is 1.92 bits per heavy atom. The Morgan fingerprint density at radius 1 is 1.08 bits per heavy atom. The molecule has 0 fully saturated rings. The molecule has 2 aromatic heterocycles. The van der Waals surface area contributed by atoms with Crippen LogP contribution in [0.5, 0.6) is 5.75 Å². The molecule has 0 bridgehead atoms. The van der Waals surface area contributed by atoms with Gasteiger partial charge in [-0.3, -0.25) is 4.98 Å². The van der Waals surface area contributed by atoms with Gasteiger partial charge in [0.2, 0.25) is 0 Å². The lowest BCUT2D eigenvalue weighted by Gasteiger charge is -2.13. The zero-order valence-corrected chi connectivity index (χ0v) is 13.8. The SMILES string of the molecule is COc1cc(Nc2nc(-c3ccncc3)nc3c2CCC3)ccc1F. The maximum absolute atomic E-state index is 13.6. The van der Waals surface area contributed by atoms with Crippen LogP contribution in [0.4, 0.5) is 15.9 Å². The molecule has 0 aliphatic heterocycles. The highest BCUT2D eigenvalue weighted by atomic mass is 19.1. The molecule has 1 aromatic carbocycles. The van der Waals surface area contributed by atoms with Crippen LogP contribution in [-0.4, -0.2) is 22.1 Å². The van der Waals surface area contributed by atoms with Crippen LogP contribution in [0, 0.1) is 5.82 Å². The van der Waals surface area contributed by atoms with Crippen LogP contribution in [0.1, 0.15) is 17.7 Å². The molecule has 25 heavy (non-hydrogen) atoms. The van der Waals surface area contributed by atoms with E-state index in [4.69, 9.17) is 14.7 Å². The summed E-state index contributed by atoms with van der Waals surface area (Å²) in [4.78, 5) is 13.5. The highest BCUT2D eigenvalue weighted by molar-refractivity contribution is 5.66. The standard InChI is InChI=1S/C19H17FN4O/c1-25-17-11-13(5-6-15(17)20)22-19-14-3-2-4-16(14)23-18(24-19)12-7-9-21-10-8-12/h5-11H,2-4H2,1H3,(H,22,23,24). The van der Waals surface area contributed by atoms with Gasteiger partial charge in [0, 0.05) is 41.0 Å². The number of nitrogens with one attached hydrogen (secondary N) is 1. The molecule has 0 unspecified atom stereocenters. The molecule has 2 heterocycles. The molecule has 0 saturated carbocycles. The average molecular weight is 336 g/mol. The van der Waals surface area contributed by atoms with Crippen LogP contribution >= 0.6 is 0 Å². The lowest BCUT2D eigenvalue weighted by molar-refractivity contribution is 0.387. The number of hydrogen-bond donors (Lipinski definition) is 1. The van der Waals surface area contributed by atoms with Crippen molar-refractivity contribution in [3.8, 4) is 17.1 Å². The quantitative estimate of drug-likeness (QED) is 0.782. The van der Waals surface area contributed by atoms with E-state index in [1.165, 1.54) is 13.2 Å². The maximum atomic E-state index is 13.6. The third kappa shape index (κ3) is 3.03. The highest BCUT2D eigenvalue weighted by Crippen LogP contribution is 2.32. The molecule has 3 aromatic rings. The molecule has 1 N–H and O–H groups in total. The largest absolute Gasteiger partial charge is 0.494 e. The van der Waals surface area contributed by atoms with Crippen molar-refractivity contribution in [2.24, 2.45) is 0 Å². The third-order valence-electron chi connectivity index (χ3n) is 4.29. The van der Waals surface area contributed by atoms with Gasteiger partial charge >= 0.3 is 0 Å². The Morgan fingerprint density at radius 3 is 2.72 bits per heavy atom. The molecule has 1 aliphatic rings. The summed E-state index contributed by atoms with van der Waals surface area (Å²) in [5.41, 5.74) is 3.84. The maximum Gasteiger partial charge on any atom is 0.165 e. The van der Waals surface area contributed by atoms with Gasteiger partial charge in [-0.1, -0.05) is 0 Å². The van der Waals surface area contributed by atoms with Gasteiger partial charge in [0.05, 0.1) is 7.11 Å². The van der Waals surface area contributed by atoms with Crippen molar-refractivity contribution in [2.75, 3.05) is 12.4 Å². The van der Waals surface area contributed by atoms with E-state index < -0.39 is 5.82 Å². The molecule has 4 rings (SSSR count). The number of anilines is 2. The number of benzene rings is 1. The molecule has 6 heteroatoms. The molecule has 0 saturated heterocycles. The minimum atomic E-state index is -0.390. The van der Waals surface area contributed by atoms with E-state index in [0.717, 1.165) is 47.6 Å². The highest BCUT2D eigenvalue weighted by Gasteiger charge is 2.20. The number of fused-ring (bicyclic) bond motifs is 1. The normalized spacial score (nSPS) is 12.7. The summed E-state index contributed by atoms with van der Waals surface area (Å²) in [5, 5.41) is 3.30. The number of rotatable bonds is 4. The second-order valence-corrected chi connectivity index (χ2v) is 5.88. The van der Waals surface area contributed by atoms with Crippen molar-refractivity contribution in [1.29, 1.82) is 0 Å². The van der Waals surface area contributed by atoms with Crippen LogP contribution in [0.3, 0.4) is 0 Å². The Kier molecular flexibility index (Phi) is 4.01. The first-order chi connectivity index (χ1) is 12.2. The summed E-state index contributed by atoms with van der Waals surface area (Å²) in [5.74, 6) is 1.24. The topological polar surface area (TPSA) is 59.9 Å². The molecule has 1 aliphatic carbocycles. The molecule has 126 valence electrons. The van der Waals surface area contributed by atoms with E-state index in [-0.39, 0.29) is 5.75 Å². The minimum absolute atomic E-state index is 0.199. The van der Waals surface area contributed by atoms with Crippen molar-refractivity contribution < 1.29 is 9.13 Å². The van der Waals surface area contributed by atoms with Gasteiger partial charge < -0.3 is 10.1 Å². The van der Waals surface area contributed by atoms with E-state index in [9.17, 15) is 4.39 Å². The predicted molar refractivity (Wildman–Crippen MR) is 93.5 cm³/mol. The Bertz CT molecular complexity index is 915. The molecular formula is C19H17FN4O. The van der Waals surface area contributed by atoms with Crippen LogP contribution in [0.15, 0.2) is 42.7 Å². The van der Waals surface area contributed by atoms with Gasteiger partial charge in [-0.2, -0.15) is 0 Å². The summed E-state index contributed by atoms with van der Waals surface area (Å²) in [6.45, 7) is 0. The van der Waals surface area contributed by atoms with Gasteiger partial charge in [-0.05, 0) is 43.5 Å². The van der Waals surface area contributed by atoms with Crippen molar-refractivity contribution in [3.63, 3.8) is 0 Å². The van der Waals surface area contributed by atoms with Crippen molar-refractivity contribution in [2.45, 2.75) is 19.3 Å². The summed E-state index contributed by atoms with van der Waals surface area (Å²) in [6.07, 6.45) is 6.39. The second kappa shape index (κ2) is 6.47. The summed E-state index contributed by atoms with van der Waals surface area (Å²) >= 11 is 0. The summed E-state index contributed by atoms with van der Waals surface area (Å²) in [7, 11) is 1.45. The fourth-order valence-corrected chi connectivity index (χ4v) is 3.04. The fourth-order valence-electron chi connectivity index (χ4n) is 3.04. The number of aryl methyl sites for hydroxylation is 1. The number of methoxy groups -OCH3 is 1. The van der Waals surface area contributed by atoms with Crippen LogP contribution < -0.4 is 10.1 Å². The smallest absolute Gasteiger partial charge is 0.165 e. The first-order valence-electron chi connectivity index (χ1n) is 8.15. The lowest BCUT2D eigenvalue weighted by Crippen LogP contribution is -2.04. The zero-order chi connectivity index (χ0) is 17.2. The van der Waals surface area contributed by atoms with Crippen LogP contribution in [0.25, 0.3) is 11.4 Å². The van der Waals surface area contributed by atoms with Gasteiger partial charge in [0.25, 0.3) is 0 Å². The number of halogens is 1. The number of ether oxygens (including phenoxy) is 1. The number of pyridine rings is 1. The van der Waals surface area contributed by atoms with Crippen LogP contribution in [0.2, 0.25) is 0 Å². The minimum Gasteiger partial charge on any atom is -0.494 e. The van der Waals surface area contributed by atoms with E-state index in [2.05, 4.69) is 10.3 Å². The third-order valence-corrected chi connectivity index (χ3v) is 4.29. The Hall–Kier alpha value is -3.02. The number of nitrogens with zero attached hydrogens (tertiary/aromatic N) is 3. The van der Waals surface area contributed by atoms with Crippen molar-refractivity contribution in [3.05, 3.63) is 59.8 Å². The summed E-state index contributed by atoms with van der Waals surface area (Å²) in [6, 6.07) is 8.47. The predicted octanol–water partition coefficient (Wildman–Crippen LogP) is 3.92. The molecule has 5 nitrogen and oxygen atoms in total. The second-order valence-electron chi connectivity index (χ2n) is 5.88. The van der Waals surface area contributed by atoms with Crippen LogP contribution in [-0.2, 0) is 12.8 Å². The fraction of sp³-hybridized carbons (Fsp3) is 0.211. The Labute approximate surface area is 144 Å². The van der Waals surface area contributed by atoms with Gasteiger partial charge in [0.1, 0.15) is 5.82 Å². The van der Waals surface area contributed by atoms with Gasteiger partial charge in [-0.25, -0.2) is 14.4 Å². The Balaban J connectivity index is 1.75. The van der Waals surface area contributed by atoms with Gasteiger partial charge in [0.15, 0.2) is 17.4 Å². The van der Waals surface area contributed by atoms with E-state index in [1.807, 2.05) is 12.1 Å². The van der Waals surface area contributed by atoms with E-state index >= 15 is 0 Å². The first kappa shape index (κ1) is 15.5. The molecule has 0 amide bonds. The molecule has 0 atom stereocenters. The van der Waals surface area contributed by atoms with Crippen molar-refractivity contribution in [1.82, 2.24) is 15.0 Å². The van der Waals surface area contributed by atoms with E-state index in [1.54, 1.807) is 24.5 Å². The first-order valence-corrected chi connectivity index (χ1v) is 8.15. The zero-order valence-electron chi connectivity index (χ0n) is 13.8. The lowest BCUT2D eigenvalue weighted by atomic mass is 10.2. The number of hydrogen-bond acceptors (Lipinski definition) is 5. The van der Waals surface area contributed by atoms with Gasteiger partial charge in [-0.15, -0.1) is 0 Å². The van der Waals surface area contributed by atoms with E-state index in [0.29, 0.717) is 5.82 Å².